The first-order valence-electron chi connectivity index (χ1n) is 6.59. The van der Waals surface area contributed by atoms with Crippen LogP contribution in [0.3, 0.4) is 0 Å². The Morgan fingerprint density at radius 2 is 2.00 bits per heavy atom. The molecule has 1 aromatic carbocycles. The van der Waals surface area contributed by atoms with Crippen LogP contribution in [0.4, 0.5) is 0 Å². The maximum Gasteiger partial charge on any atom is 0.233 e. The summed E-state index contributed by atoms with van der Waals surface area (Å²) in [4.78, 5) is 25.3. The minimum Gasteiger partial charge on any atom is -0.497 e. The Kier molecular flexibility index (Phi) is 4.27. The number of Topliss-reactive ketones (excluding diaryl/α,β-unsaturated/α-hetero) is 1. The summed E-state index contributed by atoms with van der Waals surface area (Å²) in [7, 11) is 3.18. The first kappa shape index (κ1) is 14.4. The molecule has 0 aromatic heterocycles. The predicted molar refractivity (Wildman–Crippen MR) is 73.8 cm³/mol. The molecule has 1 unspecified atom stereocenters. The second kappa shape index (κ2) is 5.94. The van der Waals surface area contributed by atoms with Gasteiger partial charge in [0.15, 0.2) is 0 Å². The molecule has 0 N–H and O–H groups in total. The molecular formula is C15H19NO4. The van der Waals surface area contributed by atoms with E-state index < -0.39 is 5.92 Å². The van der Waals surface area contributed by atoms with E-state index in [4.69, 9.17) is 9.47 Å². The number of carbonyl (C=O) groups is 2. The van der Waals surface area contributed by atoms with Crippen LogP contribution in [-0.4, -0.2) is 37.4 Å². The molecule has 1 atom stereocenters. The molecule has 0 saturated carbocycles. The lowest BCUT2D eigenvalue weighted by Gasteiger charge is -2.30. The van der Waals surface area contributed by atoms with E-state index >= 15 is 0 Å². The number of piperidine rings is 1. The molecule has 0 bridgehead atoms. The molecule has 2 rings (SSSR count). The van der Waals surface area contributed by atoms with Gasteiger partial charge in [0.2, 0.25) is 5.91 Å². The van der Waals surface area contributed by atoms with Gasteiger partial charge in [-0.1, -0.05) is 0 Å². The number of rotatable bonds is 4. The molecule has 5 heteroatoms. The number of nitrogens with zero attached hydrogens (tertiary/aromatic N) is 1. The van der Waals surface area contributed by atoms with Crippen LogP contribution in [0.1, 0.15) is 18.9 Å². The van der Waals surface area contributed by atoms with Gasteiger partial charge in [-0.25, -0.2) is 0 Å². The SMILES string of the molecule is COc1ccc(CN2CCC(=O)C(C)C2=O)c(OC)c1. The topological polar surface area (TPSA) is 55.8 Å². The lowest BCUT2D eigenvalue weighted by atomic mass is 9.97. The highest BCUT2D eigenvalue weighted by molar-refractivity contribution is 6.03. The van der Waals surface area contributed by atoms with Crippen LogP contribution in [0.15, 0.2) is 18.2 Å². The second-order valence-electron chi connectivity index (χ2n) is 4.88. The molecule has 1 aliphatic heterocycles. The molecule has 1 amide bonds. The minimum absolute atomic E-state index is 0.0212. The molecule has 1 fully saturated rings. The average molecular weight is 277 g/mol. The Bertz CT molecular complexity index is 527. The van der Waals surface area contributed by atoms with E-state index in [1.807, 2.05) is 12.1 Å². The summed E-state index contributed by atoms with van der Waals surface area (Å²) < 4.78 is 10.5. The van der Waals surface area contributed by atoms with Crippen molar-refractivity contribution in [1.29, 1.82) is 0 Å². The number of ether oxygens (including phenoxy) is 2. The van der Waals surface area contributed by atoms with Gasteiger partial charge in [0.25, 0.3) is 0 Å². The first-order valence-corrected chi connectivity index (χ1v) is 6.59. The van der Waals surface area contributed by atoms with E-state index in [2.05, 4.69) is 0 Å². The summed E-state index contributed by atoms with van der Waals surface area (Å²) >= 11 is 0. The summed E-state index contributed by atoms with van der Waals surface area (Å²) in [5.41, 5.74) is 0.906. The van der Waals surface area contributed by atoms with Crippen LogP contribution < -0.4 is 9.47 Å². The van der Waals surface area contributed by atoms with E-state index in [-0.39, 0.29) is 11.7 Å². The smallest absolute Gasteiger partial charge is 0.233 e. The fourth-order valence-electron chi connectivity index (χ4n) is 2.33. The summed E-state index contributed by atoms with van der Waals surface area (Å²) in [6.07, 6.45) is 0.422. The van der Waals surface area contributed by atoms with Gasteiger partial charge in [-0.05, 0) is 19.1 Å². The van der Waals surface area contributed by atoms with Gasteiger partial charge in [-0.15, -0.1) is 0 Å². The van der Waals surface area contributed by atoms with Crippen molar-refractivity contribution in [3.63, 3.8) is 0 Å². The van der Waals surface area contributed by atoms with Crippen molar-refractivity contribution in [2.24, 2.45) is 5.92 Å². The second-order valence-corrected chi connectivity index (χ2v) is 4.88. The lowest BCUT2D eigenvalue weighted by Crippen LogP contribution is -2.44. The van der Waals surface area contributed by atoms with Crippen molar-refractivity contribution < 1.29 is 19.1 Å². The van der Waals surface area contributed by atoms with Crippen molar-refractivity contribution in [2.45, 2.75) is 19.9 Å². The van der Waals surface area contributed by atoms with Gasteiger partial charge in [0.1, 0.15) is 17.3 Å². The Balaban J connectivity index is 2.17. The third kappa shape index (κ3) is 2.76. The summed E-state index contributed by atoms with van der Waals surface area (Å²) in [5, 5.41) is 0. The third-order valence-electron chi connectivity index (χ3n) is 3.65. The summed E-state index contributed by atoms with van der Waals surface area (Å²) in [6.45, 7) is 2.59. The first-order chi connectivity index (χ1) is 9.56. The van der Waals surface area contributed by atoms with Crippen molar-refractivity contribution in [2.75, 3.05) is 20.8 Å². The Labute approximate surface area is 118 Å². The lowest BCUT2D eigenvalue weighted by molar-refractivity contribution is -0.145. The normalized spacial score (nSPS) is 19.1. The molecule has 20 heavy (non-hydrogen) atoms. The zero-order chi connectivity index (χ0) is 14.7. The van der Waals surface area contributed by atoms with Crippen LogP contribution in [-0.2, 0) is 16.1 Å². The molecule has 0 aliphatic carbocycles. The number of benzene rings is 1. The zero-order valence-electron chi connectivity index (χ0n) is 12.0. The summed E-state index contributed by atoms with van der Waals surface area (Å²) in [6, 6.07) is 5.51. The van der Waals surface area contributed by atoms with E-state index in [9.17, 15) is 9.59 Å². The van der Waals surface area contributed by atoms with Crippen LogP contribution in [0, 0.1) is 5.92 Å². The maximum atomic E-state index is 12.1. The Morgan fingerprint density at radius 1 is 1.25 bits per heavy atom. The monoisotopic (exact) mass is 277 g/mol. The number of methoxy groups -OCH3 is 2. The van der Waals surface area contributed by atoms with Gasteiger partial charge in [0.05, 0.1) is 20.1 Å². The van der Waals surface area contributed by atoms with Gasteiger partial charge in [-0.2, -0.15) is 0 Å². The molecule has 1 heterocycles. The molecule has 5 nitrogen and oxygen atoms in total. The fourth-order valence-corrected chi connectivity index (χ4v) is 2.33. The Morgan fingerprint density at radius 3 is 2.65 bits per heavy atom. The van der Waals surface area contributed by atoms with Crippen LogP contribution in [0.5, 0.6) is 11.5 Å². The van der Waals surface area contributed by atoms with Gasteiger partial charge >= 0.3 is 0 Å². The van der Waals surface area contributed by atoms with E-state index in [0.29, 0.717) is 31.0 Å². The van der Waals surface area contributed by atoms with Gasteiger partial charge in [-0.3, -0.25) is 9.59 Å². The standard InChI is InChI=1S/C15H19NO4/c1-10-13(17)6-7-16(15(10)18)9-11-4-5-12(19-2)8-14(11)20-3/h4-5,8,10H,6-7,9H2,1-3H3. The van der Waals surface area contributed by atoms with E-state index in [1.165, 1.54) is 0 Å². The molecule has 1 saturated heterocycles. The zero-order valence-corrected chi connectivity index (χ0v) is 12.0. The molecule has 0 radical (unpaired) electrons. The molecule has 108 valence electrons. The highest BCUT2D eigenvalue weighted by Gasteiger charge is 2.31. The minimum atomic E-state index is -0.534. The quantitative estimate of drug-likeness (QED) is 0.785. The van der Waals surface area contributed by atoms with Crippen LogP contribution in [0.25, 0.3) is 0 Å². The van der Waals surface area contributed by atoms with E-state index in [1.54, 1.807) is 32.1 Å². The van der Waals surface area contributed by atoms with Gasteiger partial charge < -0.3 is 14.4 Å². The summed E-state index contributed by atoms with van der Waals surface area (Å²) in [5.74, 6) is 0.765. The third-order valence-corrected chi connectivity index (χ3v) is 3.65. The number of hydrogen-bond donors (Lipinski definition) is 0. The molecule has 0 spiro atoms. The van der Waals surface area contributed by atoms with Crippen LogP contribution in [0.2, 0.25) is 0 Å². The van der Waals surface area contributed by atoms with Crippen molar-refractivity contribution in [3.05, 3.63) is 23.8 Å². The fraction of sp³-hybridized carbons (Fsp3) is 0.467. The highest BCUT2D eigenvalue weighted by atomic mass is 16.5. The number of ketones is 1. The predicted octanol–water partition coefficient (Wildman–Crippen LogP) is 1.64. The number of hydrogen-bond acceptors (Lipinski definition) is 4. The number of likely N-dealkylation sites (tertiary alicyclic amines) is 1. The average Bonchev–Trinajstić information content (AvgIpc) is 2.48. The van der Waals surface area contributed by atoms with Crippen molar-refractivity contribution >= 4 is 11.7 Å². The van der Waals surface area contributed by atoms with Crippen molar-refractivity contribution in [3.8, 4) is 11.5 Å². The van der Waals surface area contributed by atoms with Gasteiger partial charge in [0, 0.05) is 31.1 Å². The number of carbonyl (C=O) groups excluding carboxylic acids is 2. The Hall–Kier alpha value is -2.04. The van der Waals surface area contributed by atoms with E-state index in [0.717, 1.165) is 5.56 Å². The van der Waals surface area contributed by atoms with Crippen LogP contribution >= 0.6 is 0 Å². The largest absolute Gasteiger partial charge is 0.497 e. The highest BCUT2D eigenvalue weighted by Crippen LogP contribution is 2.27. The molecule has 1 aromatic rings. The van der Waals surface area contributed by atoms with Crippen molar-refractivity contribution in [1.82, 2.24) is 4.90 Å². The maximum absolute atomic E-state index is 12.1. The number of amides is 1. The molecular weight excluding hydrogens is 258 g/mol. The molecule has 1 aliphatic rings.